The van der Waals surface area contributed by atoms with Gasteiger partial charge in [0.2, 0.25) is 0 Å². The zero-order chi connectivity index (χ0) is 15.0. The SMILES string of the molecule is Cc1cc2oc(=O)c(Sc3ccccc3)c(O)c2c(=O)o1. The Hall–Kier alpha value is -2.47. The first kappa shape index (κ1) is 13.5. The van der Waals surface area contributed by atoms with Gasteiger partial charge in [-0.15, -0.1) is 0 Å². The van der Waals surface area contributed by atoms with Crippen LogP contribution in [-0.4, -0.2) is 5.11 Å². The first-order chi connectivity index (χ1) is 10.1. The van der Waals surface area contributed by atoms with Gasteiger partial charge in [0.25, 0.3) is 0 Å². The van der Waals surface area contributed by atoms with Crippen molar-refractivity contribution >= 4 is 22.7 Å². The van der Waals surface area contributed by atoms with E-state index in [4.69, 9.17) is 8.83 Å². The van der Waals surface area contributed by atoms with Gasteiger partial charge in [-0.2, -0.15) is 0 Å². The molecule has 0 bridgehead atoms. The lowest BCUT2D eigenvalue weighted by Crippen LogP contribution is -2.08. The summed E-state index contributed by atoms with van der Waals surface area (Å²) in [5, 5.41) is 10.1. The van der Waals surface area contributed by atoms with Gasteiger partial charge >= 0.3 is 11.3 Å². The minimum absolute atomic E-state index is 0.0173. The molecule has 6 heteroatoms. The second kappa shape index (κ2) is 5.14. The summed E-state index contributed by atoms with van der Waals surface area (Å²) in [6, 6.07) is 10.4. The Bertz CT molecular complexity index is 924. The van der Waals surface area contributed by atoms with Crippen molar-refractivity contribution < 1.29 is 13.9 Å². The lowest BCUT2D eigenvalue weighted by molar-refractivity contribution is 0.433. The first-order valence-electron chi connectivity index (χ1n) is 6.09. The summed E-state index contributed by atoms with van der Waals surface area (Å²) in [5.74, 6) is -0.109. The zero-order valence-corrected chi connectivity index (χ0v) is 11.8. The quantitative estimate of drug-likeness (QED) is 0.784. The van der Waals surface area contributed by atoms with E-state index in [1.807, 2.05) is 6.07 Å². The lowest BCUT2D eigenvalue weighted by Gasteiger charge is -2.05. The van der Waals surface area contributed by atoms with Gasteiger partial charge in [0.1, 0.15) is 16.0 Å². The Balaban J connectivity index is 2.25. The normalized spacial score (nSPS) is 10.9. The minimum atomic E-state index is -0.735. The van der Waals surface area contributed by atoms with Crippen molar-refractivity contribution in [1.82, 2.24) is 0 Å². The fourth-order valence-corrected chi connectivity index (χ4v) is 2.78. The van der Waals surface area contributed by atoms with E-state index in [9.17, 15) is 14.7 Å². The molecule has 0 fully saturated rings. The summed E-state index contributed by atoms with van der Waals surface area (Å²) in [4.78, 5) is 24.5. The van der Waals surface area contributed by atoms with Gasteiger partial charge in [-0.3, -0.25) is 0 Å². The van der Waals surface area contributed by atoms with E-state index in [-0.39, 0.29) is 15.9 Å². The third-order valence-corrected chi connectivity index (χ3v) is 3.91. The molecular weight excluding hydrogens is 292 g/mol. The predicted molar refractivity (Wildman–Crippen MR) is 78.0 cm³/mol. The average molecular weight is 302 g/mol. The molecule has 1 aromatic carbocycles. The van der Waals surface area contributed by atoms with Crippen molar-refractivity contribution in [3.05, 3.63) is 63.0 Å². The Morgan fingerprint density at radius 1 is 1.05 bits per heavy atom. The van der Waals surface area contributed by atoms with Gasteiger partial charge in [-0.25, -0.2) is 9.59 Å². The smallest absolute Gasteiger partial charge is 0.354 e. The van der Waals surface area contributed by atoms with Crippen molar-refractivity contribution in [2.45, 2.75) is 16.7 Å². The van der Waals surface area contributed by atoms with Crippen LogP contribution in [0.15, 0.2) is 64.6 Å². The Morgan fingerprint density at radius 3 is 2.48 bits per heavy atom. The van der Waals surface area contributed by atoms with Crippen LogP contribution in [0, 0.1) is 6.92 Å². The minimum Gasteiger partial charge on any atom is -0.505 e. The molecule has 0 aliphatic rings. The van der Waals surface area contributed by atoms with Gasteiger partial charge in [0, 0.05) is 11.0 Å². The molecule has 5 nitrogen and oxygen atoms in total. The third kappa shape index (κ3) is 2.45. The van der Waals surface area contributed by atoms with E-state index in [0.29, 0.717) is 5.76 Å². The maximum atomic E-state index is 12.0. The van der Waals surface area contributed by atoms with Crippen LogP contribution in [-0.2, 0) is 0 Å². The molecule has 0 spiro atoms. The number of rotatable bonds is 2. The number of aryl methyl sites for hydroxylation is 1. The molecule has 1 N–H and O–H groups in total. The van der Waals surface area contributed by atoms with Crippen LogP contribution < -0.4 is 11.3 Å². The summed E-state index contributed by atoms with van der Waals surface area (Å²) in [6.07, 6.45) is 0. The third-order valence-electron chi connectivity index (χ3n) is 2.84. The highest BCUT2D eigenvalue weighted by Crippen LogP contribution is 2.35. The molecule has 0 amide bonds. The Labute approximate surface area is 122 Å². The standard InChI is InChI=1S/C15H10O5S/c1-8-7-10-11(14(17)19-8)12(16)13(15(18)20-10)21-9-5-3-2-4-6-9/h2-7,16H,1H3. The van der Waals surface area contributed by atoms with Crippen LogP contribution in [0.5, 0.6) is 5.75 Å². The van der Waals surface area contributed by atoms with Crippen LogP contribution in [0.1, 0.15) is 5.76 Å². The maximum absolute atomic E-state index is 12.0. The number of fused-ring (bicyclic) bond motifs is 1. The van der Waals surface area contributed by atoms with Gasteiger partial charge in [0.05, 0.1) is 0 Å². The van der Waals surface area contributed by atoms with Gasteiger partial charge in [0.15, 0.2) is 11.3 Å². The highest BCUT2D eigenvalue weighted by molar-refractivity contribution is 7.99. The Kier molecular flexibility index (Phi) is 3.31. The molecule has 21 heavy (non-hydrogen) atoms. The summed E-state index contributed by atoms with van der Waals surface area (Å²) < 4.78 is 10.0. The van der Waals surface area contributed by atoms with Crippen molar-refractivity contribution in [1.29, 1.82) is 0 Å². The molecule has 106 valence electrons. The van der Waals surface area contributed by atoms with E-state index in [1.54, 1.807) is 31.2 Å². The van der Waals surface area contributed by atoms with Crippen molar-refractivity contribution in [3.8, 4) is 5.75 Å². The van der Waals surface area contributed by atoms with Crippen LogP contribution in [0.4, 0.5) is 0 Å². The molecule has 0 unspecified atom stereocenters. The first-order valence-corrected chi connectivity index (χ1v) is 6.91. The van der Waals surface area contributed by atoms with E-state index in [1.165, 1.54) is 6.07 Å². The molecule has 3 rings (SSSR count). The molecule has 0 radical (unpaired) electrons. The second-order valence-corrected chi connectivity index (χ2v) is 5.45. The molecule has 3 aromatic rings. The number of hydrogen-bond donors (Lipinski definition) is 1. The molecule has 0 aliphatic heterocycles. The van der Waals surface area contributed by atoms with Crippen LogP contribution >= 0.6 is 11.8 Å². The van der Waals surface area contributed by atoms with Gasteiger partial charge in [-0.1, -0.05) is 30.0 Å². The predicted octanol–water partition coefficient (Wildman–Crippen LogP) is 2.91. The summed E-state index contributed by atoms with van der Waals surface area (Å²) in [6.45, 7) is 1.56. The van der Waals surface area contributed by atoms with E-state index < -0.39 is 17.0 Å². The van der Waals surface area contributed by atoms with E-state index in [2.05, 4.69) is 0 Å². The number of benzene rings is 1. The summed E-state index contributed by atoms with van der Waals surface area (Å²) >= 11 is 1.03. The van der Waals surface area contributed by atoms with Crippen molar-refractivity contribution in [3.63, 3.8) is 0 Å². The van der Waals surface area contributed by atoms with Gasteiger partial charge in [-0.05, 0) is 19.1 Å². The summed E-state index contributed by atoms with van der Waals surface area (Å²) in [7, 11) is 0. The van der Waals surface area contributed by atoms with Crippen molar-refractivity contribution in [2.24, 2.45) is 0 Å². The van der Waals surface area contributed by atoms with Crippen molar-refractivity contribution in [2.75, 3.05) is 0 Å². The van der Waals surface area contributed by atoms with Gasteiger partial charge < -0.3 is 13.9 Å². The topological polar surface area (TPSA) is 80.6 Å². The zero-order valence-electron chi connectivity index (χ0n) is 11.0. The fraction of sp³-hybridized carbons (Fsp3) is 0.0667. The van der Waals surface area contributed by atoms with E-state index >= 15 is 0 Å². The maximum Gasteiger partial charge on any atom is 0.354 e. The highest BCUT2D eigenvalue weighted by atomic mass is 32.2. The fourth-order valence-electron chi connectivity index (χ4n) is 1.93. The molecule has 2 aromatic heterocycles. The van der Waals surface area contributed by atoms with Crippen LogP contribution in [0.25, 0.3) is 11.0 Å². The lowest BCUT2D eigenvalue weighted by atomic mass is 10.2. The molecule has 0 aliphatic carbocycles. The number of aromatic hydroxyl groups is 1. The second-order valence-electron chi connectivity index (χ2n) is 4.37. The molecular formula is C15H10O5S. The molecule has 0 atom stereocenters. The monoisotopic (exact) mass is 302 g/mol. The molecule has 0 saturated heterocycles. The summed E-state index contributed by atoms with van der Waals surface area (Å²) in [5.41, 5.74) is -1.41. The van der Waals surface area contributed by atoms with E-state index in [0.717, 1.165) is 16.7 Å². The molecule has 0 saturated carbocycles. The number of hydrogen-bond acceptors (Lipinski definition) is 6. The largest absolute Gasteiger partial charge is 0.505 e. The molecule has 2 heterocycles. The van der Waals surface area contributed by atoms with Crippen LogP contribution in [0.3, 0.4) is 0 Å². The Morgan fingerprint density at radius 2 is 1.76 bits per heavy atom. The average Bonchev–Trinajstić information content (AvgIpc) is 2.43. The van der Waals surface area contributed by atoms with Crippen LogP contribution in [0.2, 0.25) is 0 Å². The highest BCUT2D eigenvalue weighted by Gasteiger charge is 2.19.